The number of carbonyl (C=O) groups excluding carboxylic acids is 2. The van der Waals surface area contributed by atoms with Crippen LogP contribution in [0.15, 0.2) is 12.2 Å². The molecule has 22 heavy (non-hydrogen) atoms. The first-order valence-corrected chi connectivity index (χ1v) is 8.57. The van der Waals surface area contributed by atoms with Crippen LogP contribution in [-0.4, -0.2) is 38.0 Å². The highest BCUT2D eigenvalue weighted by Crippen LogP contribution is 2.31. The molecule has 0 saturated carbocycles. The zero-order valence-electron chi connectivity index (χ0n) is 13.6. The third-order valence-corrected chi connectivity index (χ3v) is 4.97. The first-order valence-electron chi connectivity index (χ1n) is 8.57. The number of Topliss-reactive ketones (excluding diaryl/α,β-unsaturated/α-hetero) is 1. The Hall–Kier alpha value is -1.36. The van der Waals surface area contributed by atoms with Gasteiger partial charge in [0.2, 0.25) is 0 Å². The van der Waals surface area contributed by atoms with E-state index in [1.54, 1.807) is 7.05 Å². The van der Waals surface area contributed by atoms with Crippen LogP contribution in [0.1, 0.15) is 44.9 Å². The average Bonchev–Trinajstić information content (AvgIpc) is 2.52. The Morgan fingerprint density at radius 3 is 2.64 bits per heavy atom. The van der Waals surface area contributed by atoms with Gasteiger partial charge in [-0.15, -0.1) is 0 Å². The van der Waals surface area contributed by atoms with Crippen LogP contribution in [0.4, 0.5) is 4.79 Å². The first-order chi connectivity index (χ1) is 10.7. The molecule has 1 heterocycles. The summed E-state index contributed by atoms with van der Waals surface area (Å²) < 4.78 is 0. The lowest BCUT2D eigenvalue weighted by Gasteiger charge is -2.34. The van der Waals surface area contributed by atoms with Gasteiger partial charge in [-0.1, -0.05) is 12.2 Å². The summed E-state index contributed by atoms with van der Waals surface area (Å²) in [4.78, 5) is 23.2. The van der Waals surface area contributed by atoms with E-state index >= 15 is 0 Å². The van der Waals surface area contributed by atoms with Gasteiger partial charge in [0.15, 0.2) is 5.78 Å². The molecular weight excluding hydrogens is 278 g/mol. The zero-order chi connectivity index (χ0) is 15.8. The summed E-state index contributed by atoms with van der Waals surface area (Å²) in [6, 6.07) is -0.397. The predicted octanol–water partition coefficient (Wildman–Crippen LogP) is 1.99. The lowest BCUT2D eigenvalue weighted by molar-refractivity contribution is -0.120. The molecule has 1 fully saturated rings. The van der Waals surface area contributed by atoms with E-state index < -0.39 is 0 Å². The van der Waals surface area contributed by atoms with Gasteiger partial charge in [-0.25, -0.2) is 4.79 Å². The Balaban J connectivity index is 1.73. The number of nitrogens with one attached hydrogen (secondary N) is 3. The van der Waals surface area contributed by atoms with Gasteiger partial charge in [0.05, 0.1) is 12.6 Å². The standard InChI is InChI=1S/C17H29N3O2/c1-18-17(22)20-12-16(21)15-10-9-14(11-19-15)13-7-5-3-2-4-6-8-13/h2-3,13-15,19H,4-12H2,1H3,(H2,18,20,22). The molecule has 5 heteroatoms. The fourth-order valence-corrected chi connectivity index (χ4v) is 3.59. The molecule has 1 saturated heterocycles. The molecular formula is C17H29N3O2. The molecule has 2 aliphatic rings. The van der Waals surface area contributed by atoms with Crippen LogP contribution >= 0.6 is 0 Å². The molecule has 0 aromatic carbocycles. The maximum absolute atomic E-state index is 12.1. The minimum atomic E-state index is -0.301. The first kappa shape index (κ1) is 17.0. The molecule has 124 valence electrons. The smallest absolute Gasteiger partial charge is 0.314 e. The number of carbonyl (C=O) groups is 2. The van der Waals surface area contributed by atoms with Crippen LogP contribution in [0.25, 0.3) is 0 Å². The van der Waals surface area contributed by atoms with Gasteiger partial charge in [0, 0.05) is 7.05 Å². The molecule has 5 nitrogen and oxygen atoms in total. The molecule has 2 amide bonds. The summed E-state index contributed by atoms with van der Waals surface area (Å²) in [6.45, 7) is 1.04. The summed E-state index contributed by atoms with van der Waals surface area (Å²) >= 11 is 0. The van der Waals surface area contributed by atoms with Gasteiger partial charge in [-0.05, 0) is 63.3 Å². The fraction of sp³-hybridized carbons (Fsp3) is 0.765. The van der Waals surface area contributed by atoms with Gasteiger partial charge >= 0.3 is 6.03 Å². The molecule has 0 aromatic heterocycles. The lowest BCUT2D eigenvalue weighted by atomic mass is 9.78. The third kappa shape index (κ3) is 5.13. The second kappa shape index (κ2) is 8.93. The predicted molar refractivity (Wildman–Crippen MR) is 87.7 cm³/mol. The number of hydrogen-bond acceptors (Lipinski definition) is 3. The van der Waals surface area contributed by atoms with Gasteiger partial charge in [0.1, 0.15) is 0 Å². The van der Waals surface area contributed by atoms with Crippen LogP contribution in [0.5, 0.6) is 0 Å². The number of urea groups is 1. The van der Waals surface area contributed by atoms with Crippen LogP contribution < -0.4 is 16.0 Å². The highest BCUT2D eigenvalue weighted by Gasteiger charge is 2.29. The van der Waals surface area contributed by atoms with Crippen molar-refractivity contribution in [1.82, 2.24) is 16.0 Å². The van der Waals surface area contributed by atoms with E-state index in [4.69, 9.17) is 0 Å². The minimum absolute atomic E-state index is 0.0858. The molecule has 3 atom stereocenters. The molecule has 0 aromatic rings. The Labute approximate surface area is 133 Å². The second-order valence-electron chi connectivity index (χ2n) is 6.44. The van der Waals surface area contributed by atoms with Crippen LogP contribution in [0.3, 0.4) is 0 Å². The number of amides is 2. The summed E-state index contributed by atoms with van der Waals surface area (Å²) in [5.41, 5.74) is 0. The maximum atomic E-state index is 12.1. The molecule has 3 unspecified atom stereocenters. The van der Waals surface area contributed by atoms with Crippen molar-refractivity contribution in [3.8, 4) is 0 Å². The van der Waals surface area contributed by atoms with Crippen molar-refractivity contribution in [2.75, 3.05) is 20.1 Å². The Bertz CT molecular complexity index is 401. The summed E-state index contributed by atoms with van der Waals surface area (Å²) in [6.07, 6.45) is 12.9. The molecule has 2 rings (SSSR count). The molecule has 0 radical (unpaired) electrons. The molecule has 3 N–H and O–H groups in total. The van der Waals surface area contributed by atoms with Crippen molar-refractivity contribution < 1.29 is 9.59 Å². The van der Waals surface area contributed by atoms with Crippen LogP contribution in [0, 0.1) is 11.8 Å². The van der Waals surface area contributed by atoms with E-state index in [1.165, 1.54) is 32.1 Å². The average molecular weight is 307 g/mol. The van der Waals surface area contributed by atoms with Crippen LogP contribution in [0.2, 0.25) is 0 Å². The van der Waals surface area contributed by atoms with Gasteiger partial charge in [0.25, 0.3) is 0 Å². The Morgan fingerprint density at radius 2 is 1.91 bits per heavy atom. The van der Waals surface area contributed by atoms with Crippen molar-refractivity contribution in [2.24, 2.45) is 11.8 Å². The SMILES string of the molecule is CNC(=O)NCC(=O)C1CCC(C2CCC=CCCC2)CN1. The number of rotatable bonds is 4. The number of ketones is 1. The number of allylic oxidation sites excluding steroid dienone is 2. The monoisotopic (exact) mass is 307 g/mol. The van der Waals surface area contributed by atoms with E-state index in [9.17, 15) is 9.59 Å². The normalized spacial score (nSPS) is 29.2. The van der Waals surface area contributed by atoms with Crippen molar-refractivity contribution >= 4 is 11.8 Å². The maximum Gasteiger partial charge on any atom is 0.314 e. The van der Waals surface area contributed by atoms with Crippen molar-refractivity contribution in [3.63, 3.8) is 0 Å². The summed E-state index contributed by atoms with van der Waals surface area (Å²) in [5, 5.41) is 8.43. The Kier molecular flexibility index (Phi) is 6.90. The van der Waals surface area contributed by atoms with Gasteiger partial charge in [-0.3, -0.25) is 4.79 Å². The van der Waals surface area contributed by atoms with E-state index in [-0.39, 0.29) is 24.4 Å². The third-order valence-electron chi connectivity index (χ3n) is 4.97. The second-order valence-corrected chi connectivity index (χ2v) is 6.44. The molecule has 1 aliphatic carbocycles. The fourth-order valence-electron chi connectivity index (χ4n) is 3.59. The van der Waals surface area contributed by atoms with Crippen molar-refractivity contribution in [2.45, 2.75) is 51.0 Å². The quantitative estimate of drug-likeness (QED) is 0.696. The Morgan fingerprint density at radius 1 is 1.09 bits per heavy atom. The largest absolute Gasteiger partial charge is 0.341 e. The number of piperidine rings is 1. The topological polar surface area (TPSA) is 70.2 Å². The number of hydrogen-bond donors (Lipinski definition) is 3. The molecule has 0 bridgehead atoms. The summed E-state index contributed by atoms with van der Waals surface area (Å²) in [7, 11) is 1.55. The van der Waals surface area contributed by atoms with E-state index in [2.05, 4.69) is 28.1 Å². The van der Waals surface area contributed by atoms with E-state index in [1.807, 2.05) is 0 Å². The van der Waals surface area contributed by atoms with Crippen LogP contribution in [-0.2, 0) is 4.79 Å². The van der Waals surface area contributed by atoms with Crippen molar-refractivity contribution in [3.05, 3.63) is 12.2 Å². The summed E-state index contributed by atoms with van der Waals surface area (Å²) in [5.74, 6) is 1.57. The highest BCUT2D eigenvalue weighted by molar-refractivity contribution is 5.89. The van der Waals surface area contributed by atoms with Gasteiger partial charge < -0.3 is 16.0 Å². The van der Waals surface area contributed by atoms with Gasteiger partial charge in [-0.2, -0.15) is 0 Å². The molecule has 1 aliphatic heterocycles. The van der Waals surface area contributed by atoms with Crippen molar-refractivity contribution in [1.29, 1.82) is 0 Å². The van der Waals surface area contributed by atoms with E-state index in [0.29, 0.717) is 5.92 Å². The molecule has 0 spiro atoms. The van der Waals surface area contributed by atoms with E-state index in [0.717, 1.165) is 25.3 Å². The zero-order valence-corrected chi connectivity index (χ0v) is 13.6. The highest BCUT2D eigenvalue weighted by atomic mass is 16.2. The minimum Gasteiger partial charge on any atom is -0.341 e. The lowest BCUT2D eigenvalue weighted by Crippen LogP contribution is -2.49.